The molecule has 2 heterocycles. The summed E-state index contributed by atoms with van der Waals surface area (Å²) in [6.45, 7) is 2.74. The minimum absolute atomic E-state index is 0.0587. The van der Waals surface area contributed by atoms with Gasteiger partial charge in [0.2, 0.25) is 10.0 Å². The first-order valence-corrected chi connectivity index (χ1v) is 7.92. The molecule has 0 amide bonds. The van der Waals surface area contributed by atoms with Gasteiger partial charge in [0.05, 0.1) is 17.1 Å². The topological polar surface area (TPSA) is 72.6 Å². The largest absolute Gasteiger partial charge is 0.399 e. The molecule has 2 saturated heterocycles. The van der Waals surface area contributed by atoms with Crippen molar-refractivity contribution in [2.24, 2.45) is 0 Å². The van der Waals surface area contributed by atoms with Crippen LogP contribution in [0, 0.1) is 6.92 Å². The Bertz CT molecular complexity index is 588. The summed E-state index contributed by atoms with van der Waals surface area (Å²) >= 11 is 0. The van der Waals surface area contributed by atoms with Crippen LogP contribution >= 0.6 is 0 Å². The molecule has 2 aliphatic heterocycles. The molecule has 2 aliphatic rings. The number of nitrogens with zero attached hydrogens (tertiary/aromatic N) is 1. The molecule has 1 aromatic rings. The molecule has 1 aromatic carbocycles. The van der Waals surface area contributed by atoms with Crippen LogP contribution in [0.1, 0.15) is 18.4 Å². The fourth-order valence-corrected chi connectivity index (χ4v) is 4.32. The molecule has 19 heavy (non-hydrogen) atoms. The molecule has 0 aliphatic carbocycles. The minimum atomic E-state index is -3.43. The zero-order chi connectivity index (χ0) is 13.6. The first-order chi connectivity index (χ1) is 8.96. The SMILES string of the molecule is Cc1cc(S(=O)(=O)N2CC3CCC(C2)O3)ccc1N. The van der Waals surface area contributed by atoms with E-state index in [4.69, 9.17) is 10.5 Å². The summed E-state index contributed by atoms with van der Waals surface area (Å²) < 4.78 is 32.4. The molecule has 104 valence electrons. The lowest BCUT2D eigenvalue weighted by Gasteiger charge is -2.31. The van der Waals surface area contributed by atoms with Crippen molar-refractivity contribution in [2.45, 2.75) is 36.9 Å². The van der Waals surface area contributed by atoms with E-state index in [0.29, 0.717) is 23.7 Å². The number of morpholine rings is 1. The summed E-state index contributed by atoms with van der Waals surface area (Å²) in [4.78, 5) is 0.320. The van der Waals surface area contributed by atoms with E-state index in [2.05, 4.69) is 0 Å². The van der Waals surface area contributed by atoms with Crippen LogP contribution < -0.4 is 5.73 Å². The molecule has 2 fully saturated rings. The summed E-state index contributed by atoms with van der Waals surface area (Å²) in [6, 6.07) is 4.87. The van der Waals surface area contributed by atoms with Crippen LogP contribution in [-0.4, -0.2) is 38.0 Å². The highest BCUT2D eigenvalue weighted by Crippen LogP contribution is 2.30. The second kappa shape index (κ2) is 4.47. The Hall–Kier alpha value is -1.11. The third-order valence-electron chi connectivity index (χ3n) is 3.89. The highest BCUT2D eigenvalue weighted by molar-refractivity contribution is 7.89. The average molecular weight is 282 g/mol. The van der Waals surface area contributed by atoms with Gasteiger partial charge in [-0.1, -0.05) is 0 Å². The summed E-state index contributed by atoms with van der Waals surface area (Å²) in [5.41, 5.74) is 7.14. The smallest absolute Gasteiger partial charge is 0.243 e. The van der Waals surface area contributed by atoms with Gasteiger partial charge in [-0.15, -0.1) is 0 Å². The number of aryl methyl sites for hydroxylation is 1. The molecule has 0 radical (unpaired) electrons. The summed E-state index contributed by atoms with van der Waals surface area (Å²) in [5.74, 6) is 0. The molecule has 6 heteroatoms. The molecule has 5 nitrogen and oxygen atoms in total. The Labute approximate surface area is 113 Å². The highest BCUT2D eigenvalue weighted by atomic mass is 32.2. The van der Waals surface area contributed by atoms with Crippen LogP contribution in [0.15, 0.2) is 23.1 Å². The van der Waals surface area contributed by atoms with Crippen molar-refractivity contribution in [1.29, 1.82) is 0 Å². The Morgan fingerprint density at radius 1 is 1.26 bits per heavy atom. The average Bonchev–Trinajstić information content (AvgIpc) is 2.71. The monoisotopic (exact) mass is 282 g/mol. The van der Waals surface area contributed by atoms with Crippen molar-refractivity contribution < 1.29 is 13.2 Å². The molecular formula is C13H18N2O3S. The number of fused-ring (bicyclic) bond motifs is 2. The molecule has 0 spiro atoms. The predicted molar refractivity (Wildman–Crippen MR) is 72.2 cm³/mol. The molecule has 2 N–H and O–H groups in total. The van der Waals surface area contributed by atoms with Crippen molar-refractivity contribution in [3.63, 3.8) is 0 Å². The first-order valence-electron chi connectivity index (χ1n) is 6.48. The van der Waals surface area contributed by atoms with E-state index < -0.39 is 10.0 Å². The van der Waals surface area contributed by atoms with E-state index in [1.165, 1.54) is 0 Å². The number of anilines is 1. The van der Waals surface area contributed by atoms with E-state index in [1.807, 2.05) is 6.92 Å². The summed E-state index contributed by atoms with van der Waals surface area (Å²) in [7, 11) is -3.43. The molecule has 0 aromatic heterocycles. The Morgan fingerprint density at radius 2 is 1.89 bits per heavy atom. The fraction of sp³-hybridized carbons (Fsp3) is 0.538. The van der Waals surface area contributed by atoms with Crippen molar-refractivity contribution in [1.82, 2.24) is 4.31 Å². The normalized spacial score (nSPS) is 27.6. The lowest BCUT2D eigenvalue weighted by molar-refractivity contribution is -0.0114. The minimum Gasteiger partial charge on any atom is -0.399 e. The zero-order valence-electron chi connectivity index (χ0n) is 10.9. The number of nitrogen functional groups attached to an aromatic ring is 1. The van der Waals surface area contributed by atoms with Crippen LogP contribution in [0.25, 0.3) is 0 Å². The number of hydrogen-bond donors (Lipinski definition) is 1. The number of hydrogen-bond acceptors (Lipinski definition) is 4. The van der Waals surface area contributed by atoms with Gasteiger partial charge in [0, 0.05) is 18.8 Å². The zero-order valence-corrected chi connectivity index (χ0v) is 11.7. The molecule has 0 saturated carbocycles. The number of sulfonamides is 1. The van der Waals surface area contributed by atoms with Crippen LogP contribution in [0.2, 0.25) is 0 Å². The molecule has 2 unspecified atom stereocenters. The van der Waals surface area contributed by atoms with Crippen LogP contribution in [-0.2, 0) is 14.8 Å². The van der Waals surface area contributed by atoms with Gasteiger partial charge < -0.3 is 10.5 Å². The Morgan fingerprint density at radius 3 is 2.47 bits per heavy atom. The van der Waals surface area contributed by atoms with Crippen molar-refractivity contribution in [3.8, 4) is 0 Å². The number of benzene rings is 1. The van der Waals surface area contributed by atoms with Gasteiger partial charge in [-0.05, 0) is 43.5 Å². The van der Waals surface area contributed by atoms with E-state index in [-0.39, 0.29) is 12.2 Å². The Balaban J connectivity index is 1.91. The predicted octanol–water partition coefficient (Wildman–Crippen LogP) is 1.13. The van der Waals surface area contributed by atoms with Gasteiger partial charge in [-0.25, -0.2) is 8.42 Å². The third kappa shape index (κ3) is 2.24. The van der Waals surface area contributed by atoms with Gasteiger partial charge in [-0.3, -0.25) is 0 Å². The molecule has 2 atom stereocenters. The van der Waals surface area contributed by atoms with Crippen LogP contribution in [0.4, 0.5) is 5.69 Å². The lowest BCUT2D eigenvalue weighted by atomic mass is 10.2. The first kappa shape index (κ1) is 12.9. The van der Waals surface area contributed by atoms with E-state index in [1.54, 1.807) is 22.5 Å². The van der Waals surface area contributed by atoms with E-state index in [0.717, 1.165) is 18.4 Å². The lowest BCUT2D eigenvalue weighted by Crippen LogP contribution is -2.45. The van der Waals surface area contributed by atoms with Crippen LogP contribution in [0.5, 0.6) is 0 Å². The van der Waals surface area contributed by atoms with Crippen molar-refractivity contribution >= 4 is 15.7 Å². The quantitative estimate of drug-likeness (QED) is 0.825. The van der Waals surface area contributed by atoms with Gasteiger partial charge in [0.15, 0.2) is 0 Å². The second-order valence-corrected chi connectivity index (χ2v) is 7.24. The highest BCUT2D eigenvalue weighted by Gasteiger charge is 2.39. The van der Waals surface area contributed by atoms with Gasteiger partial charge in [0.1, 0.15) is 0 Å². The Kier molecular flexibility index (Phi) is 3.03. The van der Waals surface area contributed by atoms with Gasteiger partial charge in [0.25, 0.3) is 0 Å². The van der Waals surface area contributed by atoms with Crippen LogP contribution in [0.3, 0.4) is 0 Å². The van der Waals surface area contributed by atoms with Crippen molar-refractivity contribution in [2.75, 3.05) is 18.8 Å². The standard InChI is InChI=1S/C13H18N2O3S/c1-9-6-12(4-5-13(9)14)19(16,17)15-7-10-2-3-11(8-15)18-10/h4-6,10-11H,2-3,7-8,14H2,1H3. The summed E-state index contributed by atoms with van der Waals surface area (Å²) in [5, 5.41) is 0. The molecule has 2 bridgehead atoms. The molecular weight excluding hydrogens is 264 g/mol. The maximum Gasteiger partial charge on any atom is 0.243 e. The van der Waals surface area contributed by atoms with Gasteiger partial charge >= 0.3 is 0 Å². The number of nitrogens with two attached hydrogens (primary N) is 1. The second-order valence-electron chi connectivity index (χ2n) is 5.30. The fourth-order valence-electron chi connectivity index (χ4n) is 2.73. The van der Waals surface area contributed by atoms with Gasteiger partial charge in [-0.2, -0.15) is 4.31 Å². The van der Waals surface area contributed by atoms with Crippen molar-refractivity contribution in [3.05, 3.63) is 23.8 Å². The third-order valence-corrected chi connectivity index (χ3v) is 5.72. The number of ether oxygens (including phenoxy) is 1. The maximum atomic E-state index is 12.6. The van der Waals surface area contributed by atoms with E-state index in [9.17, 15) is 8.42 Å². The summed E-state index contributed by atoms with van der Waals surface area (Å²) in [6.07, 6.45) is 2.03. The number of rotatable bonds is 2. The molecule has 3 rings (SSSR count). The van der Waals surface area contributed by atoms with E-state index >= 15 is 0 Å². The maximum absolute atomic E-state index is 12.6.